The van der Waals surface area contributed by atoms with E-state index in [1.807, 2.05) is 71.0 Å². The molecule has 0 spiro atoms. The molecule has 22 heavy (non-hydrogen) atoms. The largest absolute Gasteiger partial charge is 0.384 e. The minimum absolute atomic E-state index is 0.488. The second kappa shape index (κ2) is 6.44. The smallest absolute Gasteiger partial charge is 0.1000 e. The Hall–Kier alpha value is -1.95. The molecule has 2 aromatic heterocycles. The molecule has 3 rings (SSSR count). The van der Waals surface area contributed by atoms with Crippen LogP contribution in [0.25, 0.3) is 5.69 Å². The van der Waals surface area contributed by atoms with Crippen molar-refractivity contribution in [2.75, 3.05) is 6.54 Å². The van der Waals surface area contributed by atoms with Crippen molar-refractivity contribution in [3.05, 3.63) is 70.7 Å². The van der Waals surface area contributed by atoms with E-state index in [-0.39, 0.29) is 0 Å². The molecule has 1 unspecified atom stereocenters. The summed E-state index contributed by atoms with van der Waals surface area (Å²) in [5.74, 6) is 0. The summed E-state index contributed by atoms with van der Waals surface area (Å²) in [5.41, 5.74) is 2.07. The molecule has 0 aliphatic rings. The maximum Gasteiger partial charge on any atom is 0.1000 e. The highest BCUT2D eigenvalue weighted by Gasteiger charge is 2.22. The van der Waals surface area contributed by atoms with Gasteiger partial charge in [-0.25, -0.2) is 4.68 Å². The first-order chi connectivity index (χ1) is 10.6. The Morgan fingerprint density at radius 2 is 2.05 bits per heavy atom. The molecule has 4 nitrogen and oxygen atoms in total. The Labute approximate surface area is 134 Å². The van der Waals surface area contributed by atoms with Gasteiger partial charge in [-0.2, -0.15) is 16.4 Å². The number of benzene rings is 1. The van der Waals surface area contributed by atoms with Gasteiger partial charge < -0.3 is 10.4 Å². The topological polar surface area (TPSA) is 50.1 Å². The second-order valence-corrected chi connectivity index (χ2v) is 6.26. The zero-order valence-electron chi connectivity index (χ0n) is 12.4. The third kappa shape index (κ3) is 3.44. The minimum Gasteiger partial charge on any atom is -0.384 e. The predicted molar refractivity (Wildman–Crippen MR) is 89.2 cm³/mol. The summed E-state index contributed by atoms with van der Waals surface area (Å²) in [5, 5.41) is 22.2. The lowest BCUT2D eigenvalue weighted by Gasteiger charge is -2.22. The van der Waals surface area contributed by atoms with Crippen LogP contribution in [0.2, 0.25) is 0 Å². The third-order valence-corrected chi connectivity index (χ3v) is 4.27. The van der Waals surface area contributed by atoms with Crippen molar-refractivity contribution in [3.8, 4) is 5.69 Å². The Kier molecular flexibility index (Phi) is 4.38. The molecule has 1 aromatic carbocycles. The van der Waals surface area contributed by atoms with Gasteiger partial charge in [0.2, 0.25) is 0 Å². The molecule has 2 heterocycles. The van der Waals surface area contributed by atoms with Gasteiger partial charge in [-0.1, -0.05) is 18.2 Å². The van der Waals surface area contributed by atoms with Gasteiger partial charge >= 0.3 is 0 Å². The standard InChI is InChI=1S/C17H19N3OS/c1-17(21,14-8-10-22-12-14)13-18-11-15-7-9-20(19-15)16-5-3-2-4-6-16/h2-10,12,18,21H,11,13H2,1H3. The van der Waals surface area contributed by atoms with Gasteiger partial charge in [-0.05, 0) is 47.5 Å². The van der Waals surface area contributed by atoms with E-state index in [2.05, 4.69) is 10.4 Å². The highest BCUT2D eigenvalue weighted by molar-refractivity contribution is 7.08. The number of nitrogens with one attached hydrogen (secondary N) is 1. The SMILES string of the molecule is CC(O)(CNCc1ccn(-c2ccccc2)n1)c1ccsc1. The molecule has 0 saturated heterocycles. The highest BCUT2D eigenvalue weighted by atomic mass is 32.1. The van der Waals surface area contributed by atoms with Crippen LogP contribution >= 0.6 is 11.3 Å². The van der Waals surface area contributed by atoms with Crippen molar-refractivity contribution in [1.82, 2.24) is 15.1 Å². The summed E-state index contributed by atoms with van der Waals surface area (Å²) in [6, 6.07) is 14.0. The molecule has 3 aromatic rings. The molecule has 5 heteroatoms. The number of thiophene rings is 1. The van der Waals surface area contributed by atoms with Gasteiger partial charge in [-0.15, -0.1) is 0 Å². The third-order valence-electron chi connectivity index (χ3n) is 3.58. The van der Waals surface area contributed by atoms with Gasteiger partial charge in [-0.3, -0.25) is 0 Å². The summed E-state index contributed by atoms with van der Waals surface area (Å²) in [4.78, 5) is 0. The molecular formula is C17H19N3OS. The summed E-state index contributed by atoms with van der Waals surface area (Å²) in [7, 11) is 0. The molecular weight excluding hydrogens is 294 g/mol. The van der Waals surface area contributed by atoms with Gasteiger partial charge in [0.1, 0.15) is 0 Å². The maximum absolute atomic E-state index is 10.5. The zero-order chi connectivity index (χ0) is 15.4. The van der Waals surface area contributed by atoms with Crippen LogP contribution in [0, 0.1) is 0 Å². The van der Waals surface area contributed by atoms with E-state index >= 15 is 0 Å². The van der Waals surface area contributed by atoms with Crippen molar-refractivity contribution in [2.45, 2.75) is 19.1 Å². The Balaban J connectivity index is 1.58. The molecule has 2 N–H and O–H groups in total. The lowest BCUT2D eigenvalue weighted by molar-refractivity contribution is 0.0570. The van der Waals surface area contributed by atoms with Gasteiger partial charge in [0, 0.05) is 19.3 Å². The fourth-order valence-corrected chi connectivity index (χ4v) is 3.07. The van der Waals surface area contributed by atoms with Crippen LogP contribution in [0.15, 0.2) is 59.4 Å². The highest BCUT2D eigenvalue weighted by Crippen LogP contribution is 2.22. The van der Waals surface area contributed by atoms with E-state index in [1.165, 1.54) is 0 Å². The fourth-order valence-electron chi connectivity index (χ4n) is 2.29. The first kappa shape index (κ1) is 15.0. The van der Waals surface area contributed by atoms with Gasteiger partial charge in [0.05, 0.1) is 17.0 Å². The lowest BCUT2D eigenvalue weighted by Crippen LogP contribution is -2.34. The summed E-state index contributed by atoms with van der Waals surface area (Å²) >= 11 is 1.59. The number of rotatable bonds is 6. The first-order valence-electron chi connectivity index (χ1n) is 7.21. The summed E-state index contributed by atoms with van der Waals surface area (Å²) < 4.78 is 1.86. The molecule has 0 fully saturated rings. The fraction of sp³-hybridized carbons (Fsp3) is 0.235. The number of hydrogen-bond donors (Lipinski definition) is 2. The molecule has 0 saturated carbocycles. The van der Waals surface area contributed by atoms with Crippen LogP contribution < -0.4 is 5.32 Å². The van der Waals surface area contributed by atoms with Crippen LogP contribution in [-0.4, -0.2) is 21.4 Å². The molecule has 0 aliphatic carbocycles. The van der Waals surface area contributed by atoms with E-state index in [9.17, 15) is 5.11 Å². The number of aromatic nitrogens is 2. The predicted octanol–water partition coefficient (Wildman–Crippen LogP) is 2.93. The van der Waals surface area contributed by atoms with E-state index < -0.39 is 5.60 Å². The molecule has 0 amide bonds. The van der Waals surface area contributed by atoms with Crippen LogP contribution in [-0.2, 0) is 12.1 Å². The number of aliphatic hydroxyl groups is 1. The zero-order valence-corrected chi connectivity index (χ0v) is 13.3. The first-order valence-corrected chi connectivity index (χ1v) is 8.15. The van der Waals surface area contributed by atoms with E-state index in [1.54, 1.807) is 11.3 Å². The van der Waals surface area contributed by atoms with Crippen LogP contribution in [0.5, 0.6) is 0 Å². The average molecular weight is 313 g/mol. The van der Waals surface area contributed by atoms with E-state index in [4.69, 9.17) is 0 Å². The van der Waals surface area contributed by atoms with Gasteiger partial charge in [0.25, 0.3) is 0 Å². The number of para-hydroxylation sites is 1. The number of nitrogens with zero attached hydrogens (tertiary/aromatic N) is 2. The summed E-state index contributed by atoms with van der Waals surface area (Å²) in [6.07, 6.45) is 1.95. The van der Waals surface area contributed by atoms with Crippen LogP contribution in [0.1, 0.15) is 18.2 Å². The van der Waals surface area contributed by atoms with Crippen LogP contribution in [0.3, 0.4) is 0 Å². The second-order valence-electron chi connectivity index (χ2n) is 5.48. The van der Waals surface area contributed by atoms with Crippen molar-refractivity contribution < 1.29 is 5.11 Å². The van der Waals surface area contributed by atoms with Crippen molar-refractivity contribution in [3.63, 3.8) is 0 Å². The molecule has 0 radical (unpaired) electrons. The monoisotopic (exact) mass is 313 g/mol. The Bertz CT molecular complexity index is 705. The van der Waals surface area contributed by atoms with Crippen molar-refractivity contribution >= 4 is 11.3 Å². The van der Waals surface area contributed by atoms with Gasteiger partial charge in [0.15, 0.2) is 0 Å². The molecule has 114 valence electrons. The van der Waals surface area contributed by atoms with Crippen molar-refractivity contribution in [2.24, 2.45) is 0 Å². The maximum atomic E-state index is 10.5. The summed E-state index contributed by atoms with van der Waals surface area (Å²) in [6.45, 7) is 2.94. The number of hydrogen-bond acceptors (Lipinski definition) is 4. The van der Waals surface area contributed by atoms with E-state index in [0.29, 0.717) is 13.1 Å². The van der Waals surface area contributed by atoms with Crippen molar-refractivity contribution in [1.29, 1.82) is 0 Å². The Morgan fingerprint density at radius 3 is 2.77 bits per heavy atom. The minimum atomic E-state index is -0.859. The molecule has 0 bridgehead atoms. The lowest BCUT2D eigenvalue weighted by atomic mass is 9.99. The van der Waals surface area contributed by atoms with Crippen LogP contribution in [0.4, 0.5) is 0 Å². The molecule has 1 atom stereocenters. The molecule has 0 aliphatic heterocycles. The normalized spacial score (nSPS) is 13.9. The average Bonchev–Trinajstić information content (AvgIpc) is 3.20. The quantitative estimate of drug-likeness (QED) is 0.735. The Morgan fingerprint density at radius 1 is 1.23 bits per heavy atom. The van der Waals surface area contributed by atoms with E-state index in [0.717, 1.165) is 16.9 Å².